The van der Waals surface area contributed by atoms with Gasteiger partial charge in [-0.2, -0.15) is 0 Å². The smallest absolute Gasteiger partial charge is 0.296 e. The maximum Gasteiger partial charge on any atom is 0.296 e. The zero-order chi connectivity index (χ0) is 23.7. The summed E-state index contributed by atoms with van der Waals surface area (Å²) in [7, 11) is 0. The molecule has 2 aromatic heterocycles. The lowest BCUT2D eigenvalue weighted by Gasteiger charge is -2.24. The molecule has 3 aromatic rings. The van der Waals surface area contributed by atoms with Gasteiger partial charge >= 0.3 is 0 Å². The summed E-state index contributed by atoms with van der Waals surface area (Å²) in [6.45, 7) is 8.39. The monoisotopic (exact) mass is 483 g/mol. The molecule has 0 saturated carbocycles. The highest BCUT2D eigenvalue weighted by molar-refractivity contribution is 7.14. The fraction of sp³-hybridized carbons (Fsp3) is 0.333. The molecule has 4 rings (SSSR count). The van der Waals surface area contributed by atoms with Gasteiger partial charge in [-0.1, -0.05) is 26.0 Å². The van der Waals surface area contributed by atoms with Crippen molar-refractivity contribution in [3.63, 3.8) is 0 Å². The van der Waals surface area contributed by atoms with Crippen LogP contribution in [0.2, 0.25) is 0 Å². The molecule has 3 heterocycles. The number of hydrogen-bond donors (Lipinski definition) is 1. The first kappa shape index (κ1) is 23.1. The van der Waals surface area contributed by atoms with E-state index in [1.54, 1.807) is 18.5 Å². The zero-order valence-electron chi connectivity index (χ0n) is 18.9. The van der Waals surface area contributed by atoms with E-state index in [2.05, 4.69) is 23.8 Å². The van der Waals surface area contributed by atoms with Crippen LogP contribution in [0.4, 0.5) is 5.13 Å². The maximum atomic E-state index is 13.6. The molecule has 1 aliphatic rings. The molecule has 1 amide bonds. The van der Waals surface area contributed by atoms with Crippen LogP contribution in [-0.4, -0.2) is 33.4 Å². The van der Waals surface area contributed by atoms with E-state index in [4.69, 9.17) is 4.74 Å². The molecule has 1 unspecified atom stereocenters. The van der Waals surface area contributed by atoms with Crippen molar-refractivity contribution in [2.75, 3.05) is 11.5 Å². The third-order valence-corrected chi connectivity index (χ3v) is 7.17. The van der Waals surface area contributed by atoms with Gasteiger partial charge in [-0.15, -0.1) is 22.7 Å². The molecular formula is C24H25N3O4S2. The van der Waals surface area contributed by atoms with Gasteiger partial charge in [-0.3, -0.25) is 14.5 Å². The minimum Gasteiger partial charge on any atom is -0.503 e. The lowest BCUT2D eigenvalue weighted by Crippen LogP contribution is -2.31. The molecule has 0 saturated heterocycles. The quantitative estimate of drug-likeness (QED) is 0.430. The lowest BCUT2D eigenvalue weighted by molar-refractivity contribution is -0.117. The minimum atomic E-state index is -0.827. The van der Waals surface area contributed by atoms with Crippen LogP contribution in [0.1, 0.15) is 52.2 Å². The second kappa shape index (κ2) is 9.44. The fourth-order valence-electron chi connectivity index (χ4n) is 3.74. The van der Waals surface area contributed by atoms with Crippen LogP contribution in [-0.2, 0) is 4.79 Å². The van der Waals surface area contributed by atoms with Crippen molar-refractivity contribution in [1.29, 1.82) is 0 Å². The Morgan fingerprint density at radius 3 is 2.73 bits per heavy atom. The molecule has 0 bridgehead atoms. The van der Waals surface area contributed by atoms with Gasteiger partial charge in [0.1, 0.15) is 5.75 Å². The van der Waals surface area contributed by atoms with E-state index in [0.29, 0.717) is 39.5 Å². The molecule has 7 nitrogen and oxygen atoms in total. The van der Waals surface area contributed by atoms with Crippen LogP contribution >= 0.6 is 22.7 Å². The molecule has 1 atom stereocenters. The topological polar surface area (TPSA) is 92.6 Å². The molecule has 9 heteroatoms. The number of ketones is 1. The first-order valence-corrected chi connectivity index (χ1v) is 12.3. The van der Waals surface area contributed by atoms with Gasteiger partial charge in [0.25, 0.3) is 5.91 Å². The van der Waals surface area contributed by atoms with Crippen molar-refractivity contribution in [2.24, 2.45) is 5.92 Å². The molecule has 0 spiro atoms. The van der Waals surface area contributed by atoms with E-state index in [1.807, 2.05) is 31.2 Å². The highest BCUT2D eigenvalue weighted by Crippen LogP contribution is 2.43. The first-order chi connectivity index (χ1) is 15.8. The Morgan fingerprint density at radius 1 is 1.30 bits per heavy atom. The SMILES string of the molecule is Cc1nc(C)c(C(=O)C2=C(O)C(=O)N(c3nccs3)C2c2cccc(OCCC(C)C)c2)s1. The van der Waals surface area contributed by atoms with E-state index in [-0.39, 0.29) is 5.57 Å². The number of ether oxygens (including phenoxy) is 1. The van der Waals surface area contributed by atoms with Crippen LogP contribution in [0, 0.1) is 19.8 Å². The number of nitrogens with zero attached hydrogens (tertiary/aromatic N) is 3. The summed E-state index contributed by atoms with van der Waals surface area (Å²) in [6.07, 6.45) is 2.50. The lowest BCUT2D eigenvalue weighted by atomic mass is 9.95. The number of aromatic nitrogens is 2. The second-order valence-electron chi connectivity index (χ2n) is 8.23. The summed E-state index contributed by atoms with van der Waals surface area (Å²) in [6, 6.07) is 6.48. The molecule has 0 aliphatic carbocycles. The number of rotatable bonds is 8. The van der Waals surface area contributed by atoms with E-state index in [0.717, 1.165) is 11.4 Å². The van der Waals surface area contributed by atoms with Crippen molar-refractivity contribution >= 4 is 39.5 Å². The van der Waals surface area contributed by atoms with Crippen LogP contribution in [0.25, 0.3) is 0 Å². The van der Waals surface area contributed by atoms with Crippen LogP contribution in [0.5, 0.6) is 5.75 Å². The zero-order valence-corrected chi connectivity index (χ0v) is 20.5. The third-order valence-electron chi connectivity index (χ3n) is 5.33. The number of aliphatic hydroxyl groups excluding tert-OH is 1. The summed E-state index contributed by atoms with van der Waals surface area (Å²) in [4.78, 5) is 37.1. The number of aryl methyl sites for hydroxylation is 2. The summed E-state index contributed by atoms with van der Waals surface area (Å²) < 4.78 is 5.91. The summed E-state index contributed by atoms with van der Waals surface area (Å²) in [5.41, 5.74) is 1.26. The molecule has 1 aliphatic heterocycles. The van der Waals surface area contributed by atoms with Gasteiger partial charge in [-0.05, 0) is 43.9 Å². The van der Waals surface area contributed by atoms with E-state index < -0.39 is 23.5 Å². The molecule has 1 N–H and O–H groups in total. The molecular weight excluding hydrogens is 458 g/mol. The Bertz CT molecular complexity index is 1210. The maximum absolute atomic E-state index is 13.6. The first-order valence-electron chi connectivity index (χ1n) is 10.7. The average molecular weight is 484 g/mol. The highest BCUT2D eigenvalue weighted by atomic mass is 32.1. The van der Waals surface area contributed by atoms with Gasteiger partial charge in [0.15, 0.2) is 10.9 Å². The molecule has 33 heavy (non-hydrogen) atoms. The number of anilines is 1. The summed E-state index contributed by atoms with van der Waals surface area (Å²) in [5, 5.41) is 13.8. The molecule has 0 radical (unpaired) electrons. The number of aliphatic hydroxyl groups is 1. The predicted octanol–water partition coefficient (Wildman–Crippen LogP) is 5.42. The number of hydrogen-bond acceptors (Lipinski definition) is 8. The number of carbonyl (C=O) groups excluding carboxylic acids is 2. The average Bonchev–Trinajstić information content (AvgIpc) is 3.47. The minimum absolute atomic E-state index is 0.0290. The Labute approximate surface area is 200 Å². The molecule has 1 aromatic carbocycles. The van der Waals surface area contributed by atoms with Crippen molar-refractivity contribution < 1.29 is 19.4 Å². The van der Waals surface area contributed by atoms with Gasteiger partial charge in [0.2, 0.25) is 5.78 Å². The number of benzene rings is 1. The summed E-state index contributed by atoms with van der Waals surface area (Å²) in [5.74, 6) is -0.460. The van der Waals surface area contributed by atoms with Gasteiger partial charge < -0.3 is 9.84 Å². The van der Waals surface area contributed by atoms with Gasteiger partial charge in [0, 0.05) is 11.6 Å². The van der Waals surface area contributed by atoms with E-state index in [9.17, 15) is 14.7 Å². The Hall–Kier alpha value is -3.04. The number of Topliss-reactive ketones (excluding diaryl/α,β-unsaturated/α-hetero) is 1. The summed E-state index contributed by atoms with van der Waals surface area (Å²) >= 11 is 2.52. The van der Waals surface area contributed by atoms with Crippen molar-refractivity contribution in [2.45, 2.75) is 40.2 Å². The Balaban J connectivity index is 1.78. The molecule has 0 fully saturated rings. The third kappa shape index (κ3) is 4.56. The standard InChI is InChI=1S/C24H25N3O4S2/c1-13(2)8-10-31-17-7-5-6-16(12-17)19-18(20(28)22-14(3)26-15(4)33-22)21(29)23(30)27(19)24-25-9-11-32-24/h5-7,9,11-13,19,29H,8,10H2,1-4H3. The van der Waals surface area contributed by atoms with Crippen LogP contribution in [0.3, 0.4) is 0 Å². The van der Waals surface area contributed by atoms with Crippen LogP contribution < -0.4 is 9.64 Å². The normalized spacial score (nSPS) is 16.2. The fourth-order valence-corrected chi connectivity index (χ4v) is 5.28. The number of carbonyl (C=O) groups is 2. The Kier molecular flexibility index (Phi) is 6.62. The largest absolute Gasteiger partial charge is 0.503 e. The van der Waals surface area contributed by atoms with Crippen molar-refractivity contribution in [3.8, 4) is 5.75 Å². The second-order valence-corrected chi connectivity index (χ2v) is 10.3. The van der Waals surface area contributed by atoms with E-state index in [1.165, 1.54) is 27.6 Å². The van der Waals surface area contributed by atoms with Crippen molar-refractivity contribution in [3.05, 3.63) is 68.3 Å². The highest BCUT2D eigenvalue weighted by Gasteiger charge is 2.46. The van der Waals surface area contributed by atoms with E-state index >= 15 is 0 Å². The number of amides is 1. The van der Waals surface area contributed by atoms with Crippen molar-refractivity contribution in [1.82, 2.24) is 9.97 Å². The Morgan fingerprint density at radius 2 is 2.09 bits per heavy atom. The molecule has 172 valence electrons. The predicted molar refractivity (Wildman–Crippen MR) is 129 cm³/mol. The van der Waals surface area contributed by atoms with Crippen LogP contribution in [0.15, 0.2) is 47.2 Å². The van der Waals surface area contributed by atoms with Gasteiger partial charge in [-0.25, -0.2) is 9.97 Å². The number of thiazole rings is 2. The van der Waals surface area contributed by atoms with Gasteiger partial charge in [0.05, 0.1) is 33.8 Å².